The van der Waals surface area contributed by atoms with Crippen molar-refractivity contribution in [1.29, 1.82) is 0 Å². The first-order valence-corrected chi connectivity index (χ1v) is 10.1. The Balaban J connectivity index is 1.75. The van der Waals surface area contributed by atoms with Crippen molar-refractivity contribution < 1.29 is 19.1 Å². The van der Waals surface area contributed by atoms with E-state index in [0.717, 1.165) is 22.3 Å². The highest BCUT2D eigenvalue weighted by molar-refractivity contribution is 5.94. The smallest absolute Gasteiger partial charge is 0.313 e. The molecule has 0 saturated heterocycles. The molecule has 3 aliphatic rings. The van der Waals surface area contributed by atoms with Crippen LogP contribution in [0.2, 0.25) is 0 Å². The topological polar surface area (TPSA) is 52.6 Å². The summed E-state index contributed by atoms with van der Waals surface area (Å²) in [7, 11) is 0. The molecular formula is C24H24O4. The third-order valence-electron chi connectivity index (χ3n) is 7.07. The first-order chi connectivity index (χ1) is 13.6. The Morgan fingerprint density at radius 1 is 0.786 bits per heavy atom. The second-order valence-corrected chi connectivity index (χ2v) is 8.14. The van der Waals surface area contributed by atoms with E-state index in [-0.39, 0.29) is 23.8 Å². The highest BCUT2D eigenvalue weighted by Gasteiger charge is 2.82. The van der Waals surface area contributed by atoms with Crippen LogP contribution in [0.3, 0.4) is 0 Å². The van der Waals surface area contributed by atoms with E-state index < -0.39 is 10.8 Å². The SMILES string of the molecule is CCOC(=O)C12Cc3ccccc3C1C1(C(=O)OCC)Cc3ccccc3C21. The Kier molecular flexibility index (Phi) is 3.71. The fourth-order valence-corrected chi connectivity index (χ4v) is 6.41. The normalized spacial score (nSPS) is 31.1. The van der Waals surface area contributed by atoms with Crippen molar-refractivity contribution in [2.75, 3.05) is 13.2 Å². The van der Waals surface area contributed by atoms with Gasteiger partial charge in [0.25, 0.3) is 0 Å². The quantitative estimate of drug-likeness (QED) is 0.762. The predicted molar refractivity (Wildman–Crippen MR) is 104 cm³/mol. The standard InChI is InChI=1S/C24H24O4/c1-3-27-21(25)23-13-15-9-5-7-11-17(15)19(23)24(22(26)28-4-2)14-16-10-6-8-12-18(16)20(23)24/h5-12,19-20H,3-4,13-14H2,1-2H3. The summed E-state index contributed by atoms with van der Waals surface area (Å²) in [6.07, 6.45) is 1.24. The summed E-state index contributed by atoms with van der Waals surface area (Å²) in [6, 6.07) is 16.3. The Morgan fingerprint density at radius 2 is 1.18 bits per heavy atom. The van der Waals surface area contributed by atoms with Gasteiger partial charge in [-0.2, -0.15) is 0 Å². The van der Waals surface area contributed by atoms with Crippen LogP contribution in [0.25, 0.3) is 0 Å². The van der Waals surface area contributed by atoms with Gasteiger partial charge in [-0.05, 0) is 48.9 Å². The first-order valence-electron chi connectivity index (χ1n) is 10.1. The minimum Gasteiger partial charge on any atom is -0.466 e. The van der Waals surface area contributed by atoms with Crippen molar-refractivity contribution in [3.63, 3.8) is 0 Å². The molecule has 0 bridgehead atoms. The van der Waals surface area contributed by atoms with Gasteiger partial charge in [0.05, 0.1) is 24.0 Å². The predicted octanol–water partition coefficient (Wildman–Crippen LogP) is 3.78. The van der Waals surface area contributed by atoms with Gasteiger partial charge in [0, 0.05) is 11.8 Å². The summed E-state index contributed by atoms with van der Waals surface area (Å²) in [5.41, 5.74) is 3.06. The highest BCUT2D eigenvalue weighted by Crippen LogP contribution is 2.80. The molecule has 28 heavy (non-hydrogen) atoms. The molecule has 1 saturated carbocycles. The zero-order valence-corrected chi connectivity index (χ0v) is 16.2. The molecule has 4 heteroatoms. The van der Waals surface area contributed by atoms with Crippen LogP contribution in [-0.4, -0.2) is 25.2 Å². The molecule has 0 aromatic heterocycles. The number of hydrogen-bond donors (Lipinski definition) is 0. The van der Waals surface area contributed by atoms with Gasteiger partial charge in [-0.25, -0.2) is 0 Å². The molecule has 5 rings (SSSR count). The highest BCUT2D eigenvalue weighted by atomic mass is 16.5. The van der Waals surface area contributed by atoms with Crippen molar-refractivity contribution in [2.45, 2.75) is 38.5 Å². The van der Waals surface area contributed by atoms with Crippen LogP contribution < -0.4 is 0 Å². The number of esters is 2. The van der Waals surface area contributed by atoms with E-state index in [1.165, 1.54) is 0 Å². The number of benzene rings is 2. The minimum absolute atomic E-state index is 0.183. The molecule has 2 aromatic carbocycles. The fourth-order valence-electron chi connectivity index (χ4n) is 6.41. The maximum absolute atomic E-state index is 13.4. The van der Waals surface area contributed by atoms with Crippen LogP contribution in [0, 0.1) is 10.8 Å². The third kappa shape index (κ3) is 1.86. The second-order valence-electron chi connectivity index (χ2n) is 8.14. The summed E-state index contributed by atoms with van der Waals surface area (Å²) >= 11 is 0. The van der Waals surface area contributed by atoms with Crippen molar-refractivity contribution in [3.8, 4) is 0 Å². The second kappa shape index (κ2) is 5.94. The van der Waals surface area contributed by atoms with Gasteiger partial charge < -0.3 is 9.47 Å². The summed E-state index contributed by atoms with van der Waals surface area (Å²) in [5, 5.41) is 0. The molecule has 0 unspecified atom stereocenters. The van der Waals surface area contributed by atoms with Gasteiger partial charge >= 0.3 is 11.9 Å². The maximum atomic E-state index is 13.4. The molecule has 0 amide bonds. The Hall–Kier alpha value is -2.62. The number of carbonyl (C=O) groups excluding carboxylic acids is 2. The summed E-state index contributed by atoms with van der Waals surface area (Å²) < 4.78 is 11.2. The van der Waals surface area contributed by atoms with E-state index >= 15 is 0 Å². The van der Waals surface area contributed by atoms with E-state index in [4.69, 9.17) is 9.47 Å². The zero-order valence-electron chi connectivity index (χ0n) is 16.2. The average Bonchev–Trinajstić information content (AvgIpc) is 3.16. The molecule has 0 spiro atoms. The van der Waals surface area contributed by atoms with Gasteiger partial charge in [-0.3, -0.25) is 9.59 Å². The zero-order chi connectivity index (χ0) is 19.5. The fraction of sp³-hybridized carbons (Fsp3) is 0.417. The van der Waals surface area contributed by atoms with Gasteiger partial charge in [0.1, 0.15) is 0 Å². The molecule has 3 aliphatic carbocycles. The number of rotatable bonds is 4. The monoisotopic (exact) mass is 376 g/mol. The molecule has 1 fully saturated rings. The summed E-state index contributed by atoms with van der Waals surface area (Å²) in [4.78, 5) is 26.8. The largest absolute Gasteiger partial charge is 0.466 e. The number of hydrogen-bond acceptors (Lipinski definition) is 4. The molecule has 0 N–H and O–H groups in total. The molecule has 0 atom stereocenters. The Bertz CT molecular complexity index is 889. The molecular weight excluding hydrogens is 352 g/mol. The Morgan fingerprint density at radius 3 is 1.57 bits per heavy atom. The number of carbonyl (C=O) groups is 2. The molecule has 0 radical (unpaired) electrons. The van der Waals surface area contributed by atoms with Gasteiger partial charge in [0.2, 0.25) is 0 Å². The van der Waals surface area contributed by atoms with Crippen molar-refractivity contribution in [2.24, 2.45) is 10.8 Å². The minimum atomic E-state index is -0.723. The number of fused-ring (bicyclic) bond motifs is 8. The molecule has 4 nitrogen and oxygen atoms in total. The van der Waals surface area contributed by atoms with Crippen LogP contribution in [0.4, 0.5) is 0 Å². The van der Waals surface area contributed by atoms with Crippen molar-refractivity contribution in [1.82, 2.24) is 0 Å². The maximum Gasteiger partial charge on any atom is 0.313 e. The van der Waals surface area contributed by atoms with Gasteiger partial charge in [-0.1, -0.05) is 48.5 Å². The Labute approximate surface area is 164 Å². The van der Waals surface area contributed by atoms with Crippen molar-refractivity contribution >= 4 is 11.9 Å². The summed E-state index contributed by atoms with van der Waals surface area (Å²) in [5.74, 6) is -0.769. The van der Waals surface area contributed by atoms with Gasteiger partial charge in [-0.15, -0.1) is 0 Å². The van der Waals surface area contributed by atoms with Gasteiger partial charge in [0.15, 0.2) is 0 Å². The molecule has 0 aliphatic heterocycles. The first kappa shape index (κ1) is 17.5. The van der Waals surface area contributed by atoms with Crippen LogP contribution >= 0.6 is 0 Å². The van der Waals surface area contributed by atoms with E-state index in [2.05, 4.69) is 24.3 Å². The average molecular weight is 376 g/mol. The molecule has 0 heterocycles. The van der Waals surface area contributed by atoms with E-state index in [0.29, 0.717) is 26.1 Å². The van der Waals surface area contributed by atoms with Crippen molar-refractivity contribution in [3.05, 3.63) is 70.8 Å². The lowest BCUT2D eigenvalue weighted by molar-refractivity contribution is -0.196. The van der Waals surface area contributed by atoms with E-state index in [9.17, 15) is 9.59 Å². The lowest BCUT2D eigenvalue weighted by Crippen LogP contribution is -2.66. The molecule has 144 valence electrons. The lowest BCUT2D eigenvalue weighted by Gasteiger charge is -2.60. The third-order valence-corrected chi connectivity index (χ3v) is 7.07. The van der Waals surface area contributed by atoms with Crippen LogP contribution in [-0.2, 0) is 31.9 Å². The summed E-state index contributed by atoms with van der Waals surface area (Å²) in [6.45, 7) is 4.35. The number of ether oxygens (including phenoxy) is 2. The van der Waals surface area contributed by atoms with Crippen LogP contribution in [0.15, 0.2) is 48.5 Å². The van der Waals surface area contributed by atoms with E-state index in [1.807, 2.05) is 38.1 Å². The van der Waals surface area contributed by atoms with Crippen LogP contribution in [0.5, 0.6) is 0 Å². The van der Waals surface area contributed by atoms with Crippen LogP contribution in [0.1, 0.15) is 47.9 Å². The van der Waals surface area contributed by atoms with E-state index in [1.54, 1.807) is 0 Å². The molecule has 2 aromatic rings. The lowest BCUT2D eigenvalue weighted by atomic mass is 9.39.